The third-order valence-electron chi connectivity index (χ3n) is 4.92. The van der Waals surface area contributed by atoms with Crippen molar-refractivity contribution in [3.05, 3.63) is 18.2 Å². The molecule has 2 atom stereocenters. The minimum atomic E-state index is -4.78. The molecule has 1 aromatic heterocycles. The number of thiazole rings is 1. The minimum absolute atomic E-state index is 0.00143. The molecule has 164 valence electrons. The van der Waals surface area contributed by atoms with Crippen LogP contribution in [0.4, 0.5) is 18.3 Å². The Morgan fingerprint density at radius 1 is 1.40 bits per heavy atom. The second-order valence-corrected chi connectivity index (χ2v) is 8.58. The van der Waals surface area contributed by atoms with Gasteiger partial charge in [-0.05, 0) is 30.9 Å². The van der Waals surface area contributed by atoms with E-state index in [2.05, 4.69) is 15.0 Å². The van der Waals surface area contributed by atoms with Gasteiger partial charge in [0.15, 0.2) is 5.13 Å². The van der Waals surface area contributed by atoms with Gasteiger partial charge in [-0.15, -0.1) is 13.2 Å². The normalized spacial score (nSPS) is 18.1. The van der Waals surface area contributed by atoms with E-state index in [1.54, 1.807) is 4.90 Å². The molecule has 0 bridgehead atoms. The van der Waals surface area contributed by atoms with Gasteiger partial charge in [0.2, 0.25) is 11.8 Å². The molecule has 2 aromatic rings. The van der Waals surface area contributed by atoms with Gasteiger partial charge in [-0.1, -0.05) is 25.2 Å². The van der Waals surface area contributed by atoms with Crippen LogP contribution in [0.25, 0.3) is 10.2 Å². The number of ether oxygens (including phenoxy) is 1. The summed E-state index contributed by atoms with van der Waals surface area (Å²) in [4.78, 5) is 30.9. The van der Waals surface area contributed by atoms with E-state index in [4.69, 9.17) is 5.73 Å². The zero-order valence-corrected chi connectivity index (χ0v) is 17.3. The van der Waals surface area contributed by atoms with Gasteiger partial charge in [0.25, 0.3) is 0 Å². The maximum atomic E-state index is 12.6. The quantitative estimate of drug-likeness (QED) is 0.711. The summed E-state index contributed by atoms with van der Waals surface area (Å²) < 4.78 is 41.5. The Bertz CT molecular complexity index is 931. The van der Waals surface area contributed by atoms with Crippen molar-refractivity contribution in [1.29, 1.82) is 0 Å². The van der Waals surface area contributed by atoms with E-state index in [1.165, 1.54) is 18.2 Å². The highest BCUT2D eigenvalue weighted by molar-refractivity contribution is 7.22. The van der Waals surface area contributed by atoms with Crippen LogP contribution in [0.3, 0.4) is 0 Å². The predicted octanol–water partition coefficient (Wildman–Crippen LogP) is 3.50. The third-order valence-corrected chi connectivity index (χ3v) is 5.86. The van der Waals surface area contributed by atoms with Gasteiger partial charge in [0.1, 0.15) is 5.75 Å². The summed E-state index contributed by atoms with van der Waals surface area (Å²) in [7, 11) is 0. The predicted molar refractivity (Wildman–Crippen MR) is 107 cm³/mol. The molecule has 0 spiro atoms. The lowest BCUT2D eigenvalue weighted by atomic mass is 10.0. The molecule has 2 amide bonds. The van der Waals surface area contributed by atoms with Crippen molar-refractivity contribution in [2.24, 2.45) is 11.7 Å². The molecule has 0 aliphatic carbocycles. The van der Waals surface area contributed by atoms with E-state index in [9.17, 15) is 22.8 Å². The highest BCUT2D eigenvalue weighted by Gasteiger charge is 2.34. The van der Waals surface area contributed by atoms with E-state index < -0.39 is 12.4 Å². The van der Waals surface area contributed by atoms with E-state index >= 15 is 0 Å². The number of carbonyl (C=O) groups excluding carboxylic acids is 2. The van der Waals surface area contributed by atoms with Crippen LogP contribution >= 0.6 is 11.3 Å². The first-order valence-electron chi connectivity index (χ1n) is 9.56. The van der Waals surface area contributed by atoms with Gasteiger partial charge in [-0.2, -0.15) is 0 Å². The van der Waals surface area contributed by atoms with Crippen molar-refractivity contribution < 1.29 is 27.5 Å². The van der Waals surface area contributed by atoms with Gasteiger partial charge in [-0.25, -0.2) is 4.98 Å². The fourth-order valence-corrected chi connectivity index (χ4v) is 4.27. The first-order chi connectivity index (χ1) is 14.0. The van der Waals surface area contributed by atoms with E-state index in [0.29, 0.717) is 23.2 Å². The third kappa shape index (κ3) is 5.39. The van der Waals surface area contributed by atoms with Crippen LogP contribution in [-0.4, -0.2) is 46.7 Å². The molecule has 1 aromatic carbocycles. The molecule has 1 fully saturated rings. The van der Waals surface area contributed by atoms with Crippen LogP contribution in [-0.2, 0) is 9.59 Å². The number of anilines is 1. The first-order valence-corrected chi connectivity index (χ1v) is 10.4. The van der Waals surface area contributed by atoms with Gasteiger partial charge in [0.05, 0.1) is 16.3 Å². The Kier molecular flexibility index (Phi) is 6.51. The molecule has 7 nitrogen and oxygen atoms in total. The van der Waals surface area contributed by atoms with E-state index in [1.807, 2.05) is 13.8 Å². The highest BCUT2D eigenvalue weighted by atomic mass is 32.1. The summed E-state index contributed by atoms with van der Waals surface area (Å²) in [5.74, 6) is -0.819. The van der Waals surface area contributed by atoms with Crippen molar-refractivity contribution in [1.82, 2.24) is 9.88 Å². The second kappa shape index (κ2) is 8.76. The van der Waals surface area contributed by atoms with Gasteiger partial charge in [0, 0.05) is 25.1 Å². The topological polar surface area (TPSA) is 97.6 Å². The molecule has 3 N–H and O–H groups in total. The SMILES string of the molecule is CC(C)[C@@H](N)C(=O)N1CCC[C@H]1CC(=O)Nc1nc2ccc(OC(F)(F)F)cc2s1. The number of nitrogens with one attached hydrogen (secondary N) is 1. The van der Waals surface area contributed by atoms with Crippen LogP contribution < -0.4 is 15.8 Å². The summed E-state index contributed by atoms with van der Waals surface area (Å²) in [5, 5.41) is 2.95. The molecule has 11 heteroatoms. The van der Waals surface area contributed by atoms with Gasteiger partial charge in [-0.3, -0.25) is 9.59 Å². The fourth-order valence-electron chi connectivity index (χ4n) is 3.35. The maximum Gasteiger partial charge on any atom is 0.573 e. The monoisotopic (exact) mass is 444 g/mol. The molecule has 3 rings (SSSR count). The number of benzene rings is 1. The zero-order valence-electron chi connectivity index (χ0n) is 16.5. The summed E-state index contributed by atoms with van der Waals surface area (Å²) >= 11 is 1.05. The Morgan fingerprint density at radius 2 is 2.13 bits per heavy atom. The number of likely N-dealkylation sites (tertiary alicyclic amines) is 1. The molecule has 1 aliphatic rings. The van der Waals surface area contributed by atoms with Gasteiger partial charge < -0.3 is 20.7 Å². The second-order valence-electron chi connectivity index (χ2n) is 7.55. The Balaban J connectivity index is 1.64. The molecule has 2 heterocycles. The van der Waals surface area contributed by atoms with E-state index in [0.717, 1.165) is 17.8 Å². The number of amides is 2. The van der Waals surface area contributed by atoms with Crippen molar-refractivity contribution in [2.45, 2.75) is 51.6 Å². The van der Waals surface area contributed by atoms with Crippen molar-refractivity contribution in [2.75, 3.05) is 11.9 Å². The lowest BCUT2D eigenvalue weighted by molar-refractivity contribution is -0.274. The molecule has 30 heavy (non-hydrogen) atoms. The minimum Gasteiger partial charge on any atom is -0.406 e. The Morgan fingerprint density at radius 3 is 2.80 bits per heavy atom. The van der Waals surface area contributed by atoms with Crippen molar-refractivity contribution >= 4 is 38.5 Å². The molecule has 0 saturated carbocycles. The number of hydrogen-bond donors (Lipinski definition) is 2. The Hall–Kier alpha value is -2.40. The molecule has 1 aliphatic heterocycles. The number of halogens is 3. The van der Waals surface area contributed by atoms with Crippen LogP contribution in [0.1, 0.15) is 33.1 Å². The van der Waals surface area contributed by atoms with Crippen molar-refractivity contribution in [3.63, 3.8) is 0 Å². The number of nitrogens with two attached hydrogens (primary N) is 1. The largest absolute Gasteiger partial charge is 0.573 e. The molecule has 0 radical (unpaired) electrons. The number of rotatable bonds is 6. The van der Waals surface area contributed by atoms with Crippen LogP contribution in [0.15, 0.2) is 18.2 Å². The summed E-state index contributed by atoms with van der Waals surface area (Å²) in [6.45, 7) is 4.32. The Labute approximate surface area is 175 Å². The first kappa shape index (κ1) is 22.3. The lowest BCUT2D eigenvalue weighted by Gasteiger charge is -2.28. The van der Waals surface area contributed by atoms with E-state index in [-0.39, 0.29) is 41.1 Å². The van der Waals surface area contributed by atoms with Crippen LogP contribution in [0.5, 0.6) is 5.75 Å². The smallest absolute Gasteiger partial charge is 0.406 e. The van der Waals surface area contributed by atoms with Crippen LogP contribution in [0.2, 0.25) is 0 Å². The lowest BCUT2D eigenvalue weighted by Crippen LogP contribution is -2.49. The average molecular weight is 444 g/mol. The summed E-state index contributed by atoms with van der Waals surface area (Å²) in [5.41, 5.74) is 6.42. The maximum absolute atomic E-state index is 12.6. The standard InChI is InChI=1S/C19H23F3N4O3S/c1-10(2)16(23)17(28)26-7-3-4-11(26)8-15(27)25-18-24-13-6-5-12(9-14(13)30-18)29-19(20,21)22/h5-6,9-11,16H,3-4,7-8,23H2,1-2H3,(H,24,25,27)/t11-,16+/m0/s1. The molecular formula is C19H23F3N4O3S. The fraction of sp³-hybridized carbons (Fsp3) is 0.526. The number of hydrogen-bond acceptors (Lipinski definition) is 6. The number of fused-ring (bicyclic) bond motifs is 1. The zero-order chi connectivity index (χ0) is 22.1. The van der Waals surface area contributed by atoms with Crippen LogP contribution in [0, 0.1) is 5.92 Å². The van der Waals surface area contributed by atoms with Crippen molar-refractivity contribution in [3.8, 4) is 5.75 Å². The molecule has 0 unspecified atom stereocenters. The number of aromatic nitrogens is 1. The summed E-state index contributed by atoms with van der Waals surface area (Å²) in [6, 6.07) is 2.95. The number of carbonyl (C=O) groups is 2. The average Bonchev–Trinajstić information content (AvgIpc) is 3.24. The summed E-state index contributed by atoms with van der Waals surface area (Å²) in [6.07, 6.45) is -3.16. The molecule has 1 saturated heterocycles. The number of alkyl halides is 3. The highest BCUT2D eigenvalue weighted by Crippen LogP contribution is 2.32. The van der Waals surface area contributed by atoms with Gasteiger partial charge >= 0.3 is 6.36 Å². The number of nitrogens with zero attached hydrogens (tertiary/aromatic N) is 2. The molecular weight excluding hydrogens is 421 g/mol.